The van der Waals surface area contributed by atoms with Crippen molar-refractivity contribution in [3.05, 3.63) is 71.2 Å². The van der Waals surface area contributed by atoms with Gasteiger partial charge in [0.25, 0.3) is 5.91 Å². The fraction of sp³-hybridized carbons (Fsp3) is 0.444. The molecule has 2 atom stereocenters. The number of hydrogen-bond donors (Lipinski definition) is 0. The summed E-state index contributed by atoms with van der Waals surface area (Å²) in [6, 6.07) is 2.70. The zero-order valence-electron chi connectivity index (χ0n) is 20.2. The van der Waals surface area contributed by atoms with Gasteiger partial charge in [0.05, 0.1) is 34.5 Å². The molecule has 2 unspecified atom stereocenters. The molecule has 176 valence electrons. The van der Waals surface area contributed by atoms with E-state index in [4.69, 9.17) is 5.10 Å². The van der Waals surface area contributed by atoms with Gasteiger partial charge in [0.15, 0.2) is 0 Å². The molecule has 2 saturated heterocycles. The lowest BCUT2D eigenvalue weighted by Crippen LogP contribution is -2.49. The zero-order valence-corrected chi connectivity index (χ0v) is 20.2. The van der Waals surface area contributed by atoms with E-state index in [2.05, 4.69) is 46.0 Å². The highest BCUT2D eigenvalue weighted by atomic mass is 16.2. The number of carbonyl (C=O) groups is 1. The minimum absolute atomic E-state index is 0.0164. The SMILES string of the molecule is Cc1cn2nc(C3=CC(=O)N4C=C(N5CCN6CCCC6C5)C=CC4=CCC3C)cc2c(C)n1. The van der Waals surface area contributed by atoms with Gasteiger partial charge in [-0.2, -0.15) is 5.10 Å². The molecule has 4 aliphatic heterocycles. The summed E-state index contributed by atoms with van der Waals surface area (Å²) < 4.78 is 1.88. The first-order valence-electron chi connectivity index (χ1n) is 12.4. The number of aromatic nitrogens is 3. The molecule has 6 rings (SSSR count). The van der Waals surface area contributed by atoms with Crippen molar-refractivity contribution in [3.8, 4) is 0 Å². The Labute approximate surface area is 200 Å². The second-order valence-corrected chi connectivity index (χ2v) is 10.1. The zero-order chi connectivity index (χ0) is 23.4. The molecule has 2 aromatic rings. The third kappa shape index (κ3) is 3.68. The Balaban J connectivity index is 1.31. The van der Waals surface area contributed by atoms with Gasteiger partial charge in [-0.25, -0.2) is 4.52 Å². The standard InChI is InChI=1S/C27H32N6O/c1-18-6-7-21-8-9-23(31-12-11-30-10-4-5-22(30)16-31)17-32(21)27(34)13-24(18)25-14-26-20(3)28-19(2)15-33(26)29-25/h7-9,13-15,17-18,22H,4-6,10-12,16H2,1-3H3. The van der Waals surface area contributed by atoms with Gasteiger partial charge in [0, 0.05) is 43.6 Å². The Morgan fingerprint density at radius 3 is 2.82 bits per heavy atom. The largest absolute Gasteiger partial charge is 0.367 e. The van der Waals surface area contributed by atoms with Crippen LogP contribution in [0.2, 0.25) is 0 Å². The summed E-state index contributed by atoms with van der Waals surface area (Å²) in [5, 5.41) is 4.81. The van der Waals surface area contributed by atoms with Crippen LogP contribution in [0.1, 0.15) is 43.3 Å². The van der Waals surface area contributed by atoms with E-state index in [0.717, 1.165) is 65.6 Å². The van der Waals surface area contributed by atoms with E-state index in [1.807, 2.05) is 35.7 Å². The van der Waals surface area contributed by atoms with Crippen LogP contribution in [0.25, 0.3) is 11.1 Å². The van der Waals surface area contributed by atoms with Gasteiger partial charge in [-0.1, -0.05) is 13.0 Å². The van der Waals surface area contributed by atoms with Crippen molar-refractivity contribution in [2.24, 2.45) is 5.92 Å². The Bertz CT molecular complexity index is 1280. The van der Waals surface area contributed by atoms with Crippen LogP contribution in [0.4, 0.5) is 0 Å². The number of fused-ring (bicyclic) bond motifs is 3. The van der Waals surface area contributed by atoms with Gasteiger partial charge in [0.2, 0.25) is 0 Å². The minimum atomic E-state index is -0.0164. The number of piperazine rings is 1. The van der Waals surface area contributed by atoms with Crippen molar-refractivity contribution in [1.29, 1.82) is 0 Å². The third-order valence-corrected chi connectivity index (χ3v) is 7.70. The number of aryl methyl sites for hydroxylation is 2. The molecule has 2 aromatic heterocycles. The number of amides is 1. The smallest absolute Gasteiger partial charge is 0.255 e. The predicted molar refractivity (Wildman–Crippen MR) is 133 cm³/mol. The lowest BCUT2D eigenvalue weighted by atomic mass is 9.92. The molecule has 34 heavy (non-hydrogen) atoms. The van der Waals surface area contributed by atoms with Crippen molar-refractivity contribution in [2.75, 3.05) is 26.2 Å². The molecule has 0 spiro atoms. The van der Waals surface area contributed by atoms with E-state index in [0.29, 0.717) is 6.04 Å². The first-order chi connectivity index (χ1) is 16.5. The summed E-state index contributed by atoms with van der Waals surface area (Å²) in [5.41, 5.74) is 6.77. The van der Waals surface area contributed by atoms with Crippen LogP contribution in [-0.2, 0) is 4.79 Å². The van der Waals surface area contributed by atoms with Crippen molar-refractivity contribution in [2.45, 2.75) is 46.1 Å². The number of nitrogens with zero attached hydrogens (tertiary/aromatic N) is 6. The summed E-state index contributed by atoms with van der Waals surface area (Å²) in [4.78, 5) is 25.0. The van der Waals surface area contributed by atoms with Crippen LogP contribution in [0.15, 0.2) is 54.2 Å². The number of allylic oxidation sites excluding steroid dienone is 4. The Kier molecular flexibility index (Phi) is 5.17. The maximum absolute atomic E-state index is 13.5. The van der Waals surface area contributed by atoms with Gasteiger partial charge in [0.1, 0.15) is 0 Å². The quantitative estimate of drug-likeness (QED) is 0.690. The number of hydrogen-bond acceptors (Lipinski definition) is 5. The second kappa shape index (κ2) is 8.24. The molecule has 4 aliphatic rings. The van der Waals surface area contributed by atoms with Crippen molar-refractivity contribution in [1.82, 2.24) is 29.3 Å². The summed E-state index contributed by atoms with van der Waals surface area (Å²) in [5.74, 6) is 0.171. The van der Waals surface area contributed by atoms with E-state index in [9.17, 15) is 4.79 Å². The van der Waals surface area contributed by atoms with Crippen LogP contribution in [0.5, 0.6) is 0 Å². The molecule has 6 heterocycles. The summed E-state index contributed by atoms with van der Waals surface area (Å²) in [6.07, 6.45) is 15.6. The first-order valence-corrected chi connectivity index (χ1v) is 12.4. The average Bonchev–Trinajstić information content (AvgIpc) is 3.46. The first kappa shape index (κ1) is 21.4. The number of rotatable bonds is 2. The van der Waals surface area contributed by atoms with Gasteiger partial charge in [-0.3, -0.25) is 19.6 Å². The highest BCUT2D eigenvalue weighted by Gasteiger charge is 2.32. The van der Waals surface area contributed by atoms with Crippen LogP contribution >= 0.6 is 0 Å². The topological polar surface area (TPSA) is 57.0 Å². The number of carbonyl (C=O) groups excluding carboxylic acids is 1. The average molecular weight is 457 g/mol. The van der Waals surface area contributed by atoms with Gasteiger partial charge >= 0.3 is 0 Å². The molecule has 1 amide bonds. The summed E-state index contributed by atoms with van der Waals surface area (Å²) in [7, 11) is 0. The molecule has 0 radical (unpaired) electrons. The predicted octanol–water partition coefficient (Wildman–Crippen LogP) is 3.67. The van der Waals surface area contributed by atoms with Crippen LogP contribution in [-0.4, -0.2) is 67.4 Å². The monoisotopic (exact) mass is 456 g/mol. The van der Waals surface area contributed by atoms with Gasteiger partial charge < -0.3 is 4.90 Å². The van der Waals surface area contributed by atoms with Gasteiger partial charge in [-0.05, 0) is 69.4 Å². The molecule has 2 fully saturated rings. The minimum Gasteiger partial charge on any atom is -0.367 e. The highest BCUT2D eigenvalue weighted by Crippen LogP contribution is 2.32. The third-order valence-electron chi connectivity index (χ3n) is 7.70. The van der Waals surface area contributed by atoms with Crippen molar-refractivity contribution < 1.29 is 4.79 Å². The van der Waals surface area contributed by atoms with Crippen molar-refractivity contribution >= 4 is 17.0 Å². The molecule has 0 aromatic carbocycles. The molecule has 0 N–H and O–H groups in total. The lowest BCUT2D eigenvalue weighted by Gasteiger charge is -2.40. The fourth-order valence-corrected chi connectivity index (χ4v) is 5.80. The molecule has 7 heteroatoms. The molecule has 0 aliphatic carbocycles. The van der Waals surface area contributed by atoms with E-state index < -0.39 is 0 Å². The van der Waals surface area contributed by atoms with E-state index in [1.165, 1.54) is 19.4 Å². The molecular formula is C27H32N6O. The molecule has 0 bridgehead atoms. The maximum atomic E-state index is 13.5. The second-order valence-electron chi connectivity index (χ2n) is 10.1. The lowest BCUT2D eigenvalue weighted by molar-refractivity contribution is -0.122. The summed E-state index contributed by atoms with van der Waals surface area (Å²) in [6.45, 7) is 10.5. The Morgan fingerprint density at radius 1 is 1.09 bits per heavy atom. The maximum Gasteiger partial charge on any atom is 0.255 e. The van der Waals surface area contributed by atoms with E-state index in [1.54, 1.807) is 6.08 Å². The Hall–Kier alpha value is -3.19. The molecule has 0 saturated carbocycles. The van der Waals surface area contributed by atoms with Crippen molar-refractivity contribution in [3.63, 3.8) is 0 Å². The van der Waals surface area contributed by atoms with Gasteiger partial charge in [-0.15, -0.1) is 0 Å². The molecule has 7 nitrogen and oxygen atoms in total. The normalized spacial score (nSPS) is 25.5. The Morgan fingerprint density at radius 2 is 1.94 bits per heavy atom. The van der Waals surface area contributed by atoms with Crippen LogP contribution in [0, 0.1) is 19.8 Å². The van der Waals surface area contributed by atoms with Crippen LogP contribution in [0.3, 0.4) is 0 Å². The van der Waals surface area contributed by atoms with E-state index in [-0.39, 0.29) is 11.8 Å². The van der Waals surface area contributed by atoms with Crippen LogP contribution < -0.4 is 0 Å². The fourth-order valence-electron chi connectivity index (χ4n) is 5.80. The highest BCUT2D eigenvalue weighted by molar-refractivity contribution is 5.98. The summed E-state index contributed by atoms with van der Waals surface area (Å²) >= 11 is 0. The van der Waals surface area contributed by atoms with E-state index >= 15 is 0 Å². The molecular weight excluding hydrogens is 424 g/mol.